The Kier molecular flexibility index (Phi) is 6.43. The number of alkyl halides is 2. The molecule has 0 saturated carbocycles. The van der Waals surface area contributed by atoms with E-state index in [1.807, 2.05) is 0 Å². The predicted molar refractivity (Wildman–Crippen MR) is 107 cm³/mol. The summed E-state index contributed by atoms with van der Waals surface area (Å²) in [7, 11) is 1.51. The maximum absolute atomic E-state index is 13.1. The number of carbonyl (C=O) groups is 1. The van der Waals surface area contributed by atoms with Crippen molar-refractivity contribution in [3.05, 3.63) is 70.0 Å². The van der Waals surface area contributed by atoms with Crippen molar-refractivity contribution >= 4 is 17.3 Å². The van der Waals surface area contributed by atoms with Crippen molar-refractivity contribution < 1.29 is 28.0 Å². The Balaban J connectivity index is 1.80. The zero-order valence-electron chi connectivity index (χ0n) is 16.5. The smallest absolute Gasteiger partial charge is 0.280 e. The number of nitro benzene ring substituents is 1. The van der Waals surface area contributed by atoms with Crippen molar-refractivity contribution in [2.75, 3.05) is 12.4 Å². The molecule has 2 aromatic carbocycles. The van der Waals surface area contributed by atoms with Gasteiger partial charge >= 0.3 is 0 Å². The fourth-order valence-corrected chi connectivity index (χ4v) is 2.80. The number of hydrogen-bond acceptors (Lipinski definition) is 6. The number of non-ortho nitro benzene ring substituents is 1. The van der Waals surface area contributed by atoms with Crippen LogP contribution < -0.4 is 14.8 Å². The number of anilines is 1. The topological polar surface area (TPSA) is 109 Å². The van der Waals surface area contributed by atoms with Crippen molar-refractivity contribution in [2.45, 2.75) is 19.9 Å². The van der Waals surface area contributed by atoms with Crippen molar-refractivity contribution in [1.82, 2.24) is 9.78 Å². The van der Waals surface area contributed by atoms with E-state index in [-0.39, 0.29) is 17.1 Å². The molecular formula is C20H18F2N4O5. The van der Waals surface area contributed by atoms with Gasteiger partial charge in [-0.2, -0.15) is 5.10 Å². The van der Waals surface area contributed by atoms with Crippen LogP contribution in [0.2, 0.25) is 0 Å². The zero-order valence-corrected chi connectivity index (χ0v) is 16.5. The number of methoxy groups -OCH3 is 1. The molecule has 1 N–H and O–H groups in total. The highest BCUT2D eigenvalue weighted by Crippen LogP contribution is 2.30. The Morgan fingerprint density at radius 1 is 1.16 bits per heavy atom. The Labute approximate surface area is 175 Å². The molecule has 0 fully saturated rings. The van der Waals surface area contributed by atoms with Gasteiger partial charge in [-0.25, -0.2) is 8.78 Å². The van der Waals surface area contributed by atoms with Gasteiger partial charge < -0.3 is 14.8 Å². The second-order valence-corrected chi connectivity index (χ2v) is 6.47. The number of amides is 1. The molecule has 1 heterocycles. The predicted octanol–water partition coefficient (Wildman–Crippen LogP) is 4.48. The van der Waals surface area contributed by atoms with E-state index in [1.165, 1.54) is 32.2 Å². The van der Waals surface area contributed by atoms with Crippen LogP contribution in [0, 0.1) is 17.0 Å². The highest BCUT2D eigenvalue weighted by molar-refractivity contribution is 5.91. The van der Waals surface area contributed by atoms with Crippen molar-refractivity contribution in [3.63, 3.8) is 0 Å². The molecule has 0 atom stereocenters. The van der Waals surface area contributed by atoms with Crippen molar-refractivity contribution in [3.8, 4) is 17.2 Å². The number of aryl methyl sites for hydroxylation is 1. The Morgan fingerprint density at radius 3 is 2.45 bits per heavy atom. The minimum Gasteiger partial charge on any atom is -0.497 e. The number of hydrogen-bond donors (Lipinski definition) is 1. The van der Waals surface area contributed by atoms with E-state index in [9.17, 15) is 23.7 Å². The van der Waals surface area contributed by atoms with E-state index >= 15 is 0 Å². The SMILES string of the molecule is COc1ccc(Oc2cc(NC(=O)Cn3nc(C)cc3C(F)F)cc([N+](=O)[O-])c2)cc1. The van der Waals surface area contributed by atoms with E-state index in [0.29, 0.717) is 17.2 Å². The molecule has 0 aliphatic heterocycles. The number of aromatic nitrogens is 2. The summed E-state index contributed by atoms with van der Waals surface area (Å²) in [6.07, 6.45) is -2.80. The first kappa shape index (κ1) is 21.7. The van der Waals surface area contributed by atoms with Gasteiger partial charge in [0.1, 0.15) is 29.5 Å². The molecule has 0 aliphatic rings. The van der Waals surface area contributed by atoms with Crippen LogP contribution in [0.1, 0.15) is 17.8 Å². The lowest BCUT2D eigenvalue weighted by molar-refractivity contribution is -0.384. The molecule has 0 spiro atoms. The molecule has 3 aromatic rings. The molecule has 0 saturated heterocycles. The lowest BCUT2D eigenvalue weighted by atomic mass is 10.2. The summed E-state index contributed by atoms with van der Waals surface area (Å²) >= 11 is 0. The monoisotopic (exact) mass is 432 g/mol. The maximum atomic E-state index is 13.1. The number of nitrogens with zero attached hydrogens (tertiary/aromatic N) is 3. The van der Waals surface area contributed by atoms with Crippen molar-refractivity contribution in [1.29, 1.82) is 0 Å². The van der Waals surface area contributed by atoms with E-state index in [1.54, 1.807) is 24.3 Å². The van der Waals surface area contributed by atoms with E-state index < -0.39 is 29.5 Å². The average Bonchev–Trinajstić information content (AvgIpc) is 3.08. The molecule has 1 aromatic heterocycles. The lowest BCUT2D eigenvalue weighted by Crippen LogP contribution is -2.21. The standard InChI is InChI=1S/C20H18F2N4O5/c1-12-7-18(20(21)22)25(24-12)11-19(27)23-13-8-14(26(28)29)10-17(9-13)31-16-5-3-15(30-2)4-6-16/h3-10,20H,11H2,1-2H3,(H,23,27). The number of halogens is 2. The third-order valence-corrected chi connectivity index (χ3v) is 4.13. The molecule has 0 radical (unpaired) electrons. The molecule has 0 unspecified atom stereocenters. The molecule has 3 rings (SSSR count). The first-order chi connectivity index (χ1) is 14.7. The van der Waals surface area contributed by atoms with Crippen LogP contribution in [-0.2, 0) is 11.3 Å². The summed E-state index contributed by atoms with van der Waals surface area (Å²) in [4.78, 5) is 23.0. The molecule has 11 heteroatoms. The van der Waals surface area contributed by atoms with Crippen LogP contribution in [0.25, 0.3) is 0 Å². The lowest BCUT2D eigenvalue weighted by Gasteiger charge is -2.11. The van der Waals surface area contributed by atoms with Crippen LogP contribution in [0.3, 0.4) is 0 Å². The van der Waals surface area contributed by atoms with Gasteiger partial charge in [0.15, 0.2) is 0 Å². The van der Waals surface area contributed by atoms with E-state index in [2.05, 4.69) is 10.4 Å². The largest absolute Gasteiger partial charge is 0.497 e. The van der Waals surface area contributed by atoms with Gasteiger partial charge in [-0.3, -0.25) is 19.6 Å². The molecule has 1 amide bonds. The summed E-state index contributed by atoms with van der Waals surface area (Å²) in [6.45, 7) is 1.05. The van der Waals surface area contributed by atoms with Crippen molar-refractivity contribution in [2.24, 2.45) is 0 Å². The van der Waals surface area contributed by atoms with Crippen LogP contribution >= 0.6 is 0 Å². The van der Waals surface area contributed by atoms with Crippen LogP contribution in [0.5, 0.6) is 17.2 Å². The fourth-order valence-electron chi connectivity index (χ4n) is 2.80. The van der Waals surface area contributed by atoms with Gasteiger partial charge in [0.05, 0.1) is 29.5 Å². The Bertz CT molecular complexity index is 1100. The highest BCUT2D eigenvalue weighted by Gasteiger charge is 2.18. The first-order valence-electron chi connectivity index (χ1n) is 8.99. The zero-order chi connectivity index (χ0) is 22.5. The summed E-state index contributed by atoms with van der Waals surface area (Å²) < 4.78 is 37.7. The highest BCUT2D eigenvalue weighted by atomic mass is 19.3. The van der Waals surface area contributed by atoms with E-state index in [0.717, 1.165) is 10.7 Å². The van der Waals surface area contributed by atoms with Crippen LogP contribution in [-0.4, -0.2) is 27.7 Å². The van der Waals surface area contributed by atoms with Crippen LogP contribution in [0.15, 0.2) is 48.5 Å². The quantitative estimate of drug-likeness (QED) is 0.415. The summed E-state index contributed by atoms with van der Waals surface area (Å²) in [5.74, 6) is 0.433. The van der Waals surface area contributed by atoms with Gasteiger partial charge in [0.2, 0.25) is 5.91 Å². The molecule has 162 valence electrons. The third-order valence-electron chi connectivity index (χ3n) is 4.13. The van der Waals surface area contributed by atoms with Crippen LogP contribution in [0.4, 0.5) is 20.2 Å². The van der Waals surface area contributed by atoms with E-state index in [4.69, 9.17) is 9.47 Å². The molecule has 9 nitrogen and oxygen atoms in total. The van der Waals surface area contributed by atoms with Gasteiger partial charge in [-0.1, -0.05) is 0 Å². The Morgan fingerprint density at radius 2 is 1.84 bits per heavy atom. The minimum atomic E-state index is -2.80. The average molecular weight is 432 g/mol. The number of ether oxygens (including phenoxy) is 2. The van der Waals surface area contributed by atoms with Gasteiger partial charge in [0.25, 0.3) is 12.1 Å². The number of benzene rings is 2. The Hall–Kier alpha value is -4.02. The van der Waals surface area contributed by atoms with Gasteiger partial charge in [-0.05, 0) is 37.3 Å². The summed E-state index contributed by atoms with van der Waals surface area (Å²) in [6, 6.07) is 11.4. The second-order valence-electron chi connectivity index (χ2n) is 6.47. The first-order valence-corrected chi connectivity index (χ1v) is 8.99. The molecule has 0 aliphatic carbocycles. The normalized spacial score (nSPS) is 10.7. The fraction of sp³-hybridized carbons (Fsp3) is 0.200. The molecular weight excluding hydrogens is 414 g/mol. The minimum absolute atomic E-state index is 0.0742. The third kappa shape index (κ3) is 5.53. The summed E-state index contributed by atoms with van der Waals surface area (Å²) in [5.41, 5.74) is -0.293. The number of nitrogens with one attached hydrogen (secondary N) is 1. The number of nitro groups is 1. The summed E-state index contributed by atoms with van der Waals surface area (Å²) in [5, 5.41) is 17.6. The second kappa shape index (κ2) is 9.20. The molecule has 0 bridgehead atoms. The maximum Gasteiger partial charge on any atom is 0.280 e. The number of carbonyl (C=O) groups excluding carboxylic acids is 1. The van der Waals surface area contributed by atoms with Gasteiger partial charge in [0, 0.05) is 12.1 Å². The molecule has 31 heavy (non-hydrogen) atoms. The number of rotatable bonds is 8. The van der Waals surface area contributed by atoms with Gasteiger partial charge in [-0.15, -0.1) is 0 Å².